The SMILES string of the molecule is CN1C2CCC1CN(c1ncccc1C=O)CC2. The van der Waals surface area contributed by atoms with Crippen LogP contribution >= 0.6 is 0 Å². The van der Waals surface area contributed by atoms with E-state index in [1.165, 1.54) is 19.3 Å². The molecular formula is C14H19N3O. The lowest BCUT2D eigenvalue weighted by Crippen LogP contribution is -2.37. The van der Waals surface area contributed by atoms with Gasteiger partial charge in [0, 0.05) is 31.4 Å². The molecule has 0 spiro atoms. The van der Waals surface area contributed by atoms with Crippen molar-refractivity contribution in [1.29, 1.82) is 0 Å². The first-order chi connectivity index (χ1) is 8.79. The summed E-state index contributed by atoms with van der Waals surface area (Å²) in [7, 11) is 2.23. The van der Waals surface area contributed by atoms with Crippen LogP contribution in [0.4, 0.5) is 5.82 Å². The van der Waals surface area contributed by atoms with E-state index in [0.717, 1.165) is 25.2 Å². The van der Waals surface area contributed by atoms with Gasteiger partial charge in [0.25, 0.3) is 0 Å². The summed E-state index contributed by atoms with van der Waals surface area (Å²) in [6.07, 6.45) is 6.44. The number of fused-ring (bicyclic) bond motifs is 2. The second kappa shape index (κ2) is 4.69. The average Bonchev–Trinajstić information content (AvgIpc) is 2.63. The molecule has 2 unspecified atom stereocenters. The van der Waals surface area contributed by atoms with Crippen molar-refractivity contribution in [2.24, 2.45) is 0 Å². The van der Waals surface area contributed by atoms with E-state index >= 15 is 0 Å². The molecule has 0 aliphatic carbocycles. The summed E-state index contributed by atoms with van der Waals surface area (Å²) in [5, 5.41) is 0. The summed E-state index contributed by atoms with van der Waals surface area (Å²) < 4.78 is 0. The summed E-state index contributed by atoms with van der Waals surface area (Å²) in [5.41, 5.74) is 0.706. The molecule has 2 bridgehead atoms. The van der Waals surface area contributed by atoms with E-state index in [0.29, 0.717) is 17.6 Å². The molecule has 2 fully saturated rings. The van der Waals surface area contributed by atoms with Gasteiger partial charge < -0.3 is 4.90 Å². The minimum absolute atomic E-state index is 0.610. The van der Waals surface area contributed by atoms with Crippen LogP contribution in [0.25, 0.3) is 0 Å². The van der Waals surface area contributed by atoms with Crippen LogP contribution in [-0.2, 0) is 0 Å². The summed E-state index contributed by atoms with van der Waals surface area (Å²) >= 11 is 0. The molecule has 2 atom stereocenters. The van der Waals surface area contributed by atoms with Crippen LogP contribution in [0.2, 0.25) is 0 Å². The van der Waals surface area contributed by atoms with Crippen molar-refractivity contribution >= 4 is 12.1 Å². The van der Waals surface area contributed by atoms with Crippen LogP contribution in [0, 0.1) is 0 Å². The second-order valence-electron chi connectivity index (χ2n) is 5.32. The maximum Gasteiger partial charge on any atom is 0.153 e. The molecule has 4 heteroatoms. The maximum absolute atomic E-state index is 11.1. The number of carbonyl (C=O) groups excluding carboxylic acids is 1. The van der Waals surface area contributed by atoms with E-state index in [-0.39, 0.29) is 0 Å². The molecular weight excluding hydrogens is 226 g/mol. The van der Waals surface area contributed by atoms with Crippen LogP contribution < -0.4 is 4.90 Å². The molecule has 4 nitrogen and oxygen atoms in total. The molecule has 2 saturated heterocycles. The zero-order valence-corrected chi connectivity index (χ0v) is 10.7. The zero-order valence-electron chi connectivity index (χ0n) is 10.7. The van der Waals surface area contributed by atoms with Gasteiger partial charge in [0.05, 0.1) is 5.56 Å². The second-order valence-corrected chi connectivity index (χ2v) is 5.32. The Hall–Kier alpha value is -1.42. The zero-order chi connectivity index (χ0) is 12.5. The lowest BCUT2D eigenvalue weighted by atomic mass is 10.1. The van der Waals surface area contributed by atoms with E-state index in [1.54, 1.807) is 6.20 Å². The van der Waals surface area contributed by atoms with Gasteiger partial charge in [-0.25, -0.2) is 4.98 Å². The maximum atomic E-state index is 11.1. The molecule has 0 N–H and O–H groups in total. The van der Waals surface area contributed by atoms with Gasteiger partial charge in [-0.15, -0.1) is 0 Å². The fourth-order valence-electron chi connectivity index (χ4n) is 3.27. The van der Waals surface area contributed by atoms with Crippen molar-refractivity contribution in [3.05, 3.63) is 23.9 Å². The molecule has 0 amide bonds. The summed E-state index contributed by atoms with van der Waals surface area (Å²) in [6.45, 7) is 1.99. The van der Waals surface area contributed by atoms with Gasteiger partial charge in [0.15, 0.2) is 6.29 Å². The van der Waals surface area contributed by atoms with Crippen molar-refractivity contribution in [3.63, 3.8) is 0 Å². The summed E-state index contributed by atoms with van der Waals surface area (Å²) in [4.78, 5) is 20.3. The normalized spacial score (nSPS) is 28.2. The number of carbonyl (C=O) groups is 1. The van der Waals surface area contributed by atoms with Crippen LogP contribution in [0.3, 0.4) is 0 Å². The van der Waals surface area contributed by atoms with Gasteiger partial charge in [-0.1, -0.05) is 0 Å². The molecule has 1 aromatic rings. The predicted octanol–water partition coefficient (Wildman–Crippen LogP) is 1.57. The van der Waals surface area contributed by atoms with Crippen LogP contribution in [0.1, 0.15) is 29.6 Å². The lowest BCUT2D eigenvalue weighted by molar-refractivity contribution is 0.112. The number of likely N-dealkylation sites (N-methyl/N-ethyl adjacent to an activating group) is 1. The van der Waals surface area contributed by atoms with Crippen LogP contribution in [0.5, 0.6) is 0 Å². The monoisotopic (exact) mass is 245 g/mol. The van der Waals surface area contributed by atoms with Gasteiger partial charge in [-0.2, -0.15) is 0 Å². The third kappa shape index (κ3) is 1.90. The number of hydrogen-bond acceptors (Lipinski definition) is 4. The van der Waals surface area contributed by atoms with Crippen molar-refractivity contribution in [3.8, 4) is 0 Å². The molecule has 2 aliphatic heterocycles. The third-order valence-corrected chi connectivity index (χ3v) is 4.39. The Kier molecular flexibility index (Phi) is 3.04. The highest BCUT2D eigenvalue weighted by Crippen LogP contribution is 2.30. The Morgan fingerprint density at radius 1 is 1.33 bits per heavy atom. The first-order valence-electron chi connectivity index (χ1n) is 6.66. The molecule has 0 aromatic carbocycles. The van der Waals surface area contributed by atoms with Crippen molar-refractivity contribution in [2.75, 3.05) is 25.0 Å². The Balaban J connectivity index is 1.87. The quantitative estimate of drug-likeness (QED) is 0.741. The number of pyridine rings is 1. The number of aromatic nitrogens is 1. The molecule has 1 aromatic heterocycles. The van der Waals surface area contributed by atoms with E-state index in [1.807, 2.05) is 12.1 Å². The standard InChI is InChI=1S/C14H19N3O/c1-16-12-4-5-13(16)9-17(8-6-12)14-11(10-18)3-2-7-15-14/h2-3,7,10,12-13H,4-6,8-9H2,1H3. The Bertz CT molecular complexity index is 448. The number of anilines is 1. The van der Waals surface area contributed by atoms with Crippen molar-refractivity contribution in [1.82, 2.24) is 9.88 Å². The summed E-state index contributed by atoms with van der Waals surface area (Å²) in [5.74, 6) is 0.855. The molecule has 3 heterocycles. The molecule has 18 heavy (non-hydrogen) atoms. The first kappa shape index (κ1) is 11.7. The minimum Gasteiger partial charge on any atom is -0.354 e. The largest absolute Gasteiger partial charge is 0.354 e. The van der Waals surface area contributed by atoms with Gasteiger partial charge in [-0.05, 0) is 38.4 Å². The van der Waals surface area contributed by atoms with E-state index in [4.69, 9.17) is 0 Å². The molecule has 0 radical (unpaired) electrons. The lowest BCUT2D eigenvalue weighted by Gasteiger charge is -2.27. The highest BCUT2D eigenvalue weighted by Gasteiger charge is 2.35. The van der Waals surface area contributed by atoms with Gasteiger partial charge in [-0.3, -0.25) is 9.69 Å². The van der Waals surface area contributed by atoms with Crippen molar-refractivity contribution in [2.45, 2.75) is 31.3 Å². The highest BCUT2D eigenvalue weighted by molar-refractivity contribution is 5.82. The predicted molar refractivity (Wildman–Crippen MR) is 71.0 cm³/mol. The third-order valence-electron chi connectivity index (χ3n) is 4.39. The van der Waals surface area contributed by atoms with Crippen LogP contribution in [-0.4, -0.2) is 48.4 Å². The summed E-state index contributed by atoms with van der Waals surface area (Å²) in [6, 6.07) is 4.99. The van der Waals surface area contributed by atoms with Crippen LogP contribution in [0.15, 0.2) is 18.3 Å². The smallest absolute Gasteiger partial charge is 0.153 e. The first-order valence-corrected chi connectivity index (χ1v) is 6.66. The fourth-order valence-corrected chi connectivity index (χ4v) is 3.27. The molecule has 2 aliphatic rings. The Labute approximate surface area is 108 Å². The number of rotatable bonds is 2. The van der Waals surface area contributed by atoms with E-state index < -0.39 is 0 Å². The number of aldehydes is 1. The van der Waals surface area contributed by atoms with Gasteiger partial charge in [0.1, 0.15) is 5.82 Å². The van der Waals surface area contributed by atoms with E-state index in [2.05, 4.69) is 21.8 Å². The molecule has 3 rings (SSSR count). The van der Waals surface area contributed by atoms with Gasteiger partial charge in [0.2, 0.25) is 0 Å². The topological polar surface area (TPSA) is 36.4 Å². The number of nitrogens with zero attached hydrogens (tertiary/aromatic N) is 3. The Morgan fingerprint density at radius 2 is 2.17 bits per heavy atom. The number of hydrogen-bond donors (Lipinski definition) is 0. The fraction of sp³-hybridized carbons (Fsp3) is 0.571. The minimum atomic E-state index is 0.610. The van der Waals surface area contributed by atoms with Gasteiger partial charge >= 0.3 is 0 Å². The van der Waals surface area contributed by atoms with E-state index in [9.17, 15) is 4.79 Å². The highest BCUT2D eigenvalue weighted by atomic mass is 16.1. The van der Waals surface area contributed by atoms with Crippen molar-refractivity contribution < 1.29 is 4.79 Å². The average molecular weight is 245 g/mol. The molecule has 96 valence electrons. The molecule has 0 saturated carbocycles. The Morgan fingerprint density at radius 3 is 3.00 bits per heavy atom.